The summed E-state index contributed by atoms with van der Waals surface area (Å²) >= 11 is 12.4. The highest BCUT2D eigenvalue weighted by Crippen LogP contribution is 2.31. The maximum Gasteiger partial charge on any atom is 0.341 e. The molecular formula is C26H20Cl2N6O6S. The zero-order valence-electron chi connectivity index (χ0n) is 21.4. The average molecular weight is 615 g/mol. The summed E-state index contributed by atoms with van der Waals surface area (Å²) in [5.74, 6) is -1.05. The molecular weight excluding hydrogens is 595 g/mol. The van der Waals surface area contributed by atoms with Crippen molar-refractivity contribution >= 4 is 55.8 Å². The van der Waals surface area contributed by atoms with E-state index in [1.807, 2.05) is 0 Å². The molecule has 0 unspecified atom stereocenters. The summed E-state index contributed by atoms with van der Waals surface area (Å²) in [5.41, 5.74) is -0.492. The normalized spacial score (nSPS) is 11.5. The van der Waals surface area contributed by atoms with Crippen molar-refractivity contribution in [1.82, 2.24) is 24.4 Å². The van der Waals surface area contributed by atoms with Crippen LogP contribution in [0.25, 0.3) is 16.6 Å². The van der Waals surface area contributed by atoms with Crippen LogP contribution in [0, 0.1) is 6.92 Å². The first-order valence-electron chi connectivity index (χ1n) is 11.8. The molecule has 2 heterocycles. The Bertz CT molecular complexity index is 2060. The molecule has 0 aliphatic heterocycles. The second kappa shape index (κ2) is 10.8. The van der Waals surface area contributed by atoms with E-state index in [1.165, 1.54) is 9.36 Å². The highest BCUT2D eigenvalue weighted by atomic mass is 35.5. The van der Waals surface area contributed by atoms with Gasteiger partial charge in [0.05, 0.1) is 32.4 Å². The van der Waals surface area contributed by atoms with E-state index < -0.39 is 38.7 Å². The Balaban J connectivity index is 1.44. The van der Waals surface area contributed by atoms with Crippen molar-refractivity contribution in [3.05, 3.63) is 109 Å². The quantitative estimate of drug-likeness (QED) is 0.274. The predicted octanol–water partition coefficient (Wildman–Crippen LogP) is 3.51. The Labute approximate surface area is 242 Å². The predicted molar refractivity (Wildman–Crippen MR) is 152 cm³/mol. The van der Waals surface area contributed by atoms with Gasteiger partial charge in [0, 0.05) is 7.05 Å². The molecule has 3 aromatic carbocycles. The van der Waals surface area contributed by atoms with Gasteiger partial charge in [0.25, 0.3) is 21.1 Å². The lowest BCUT2D eigenvalue weighted by Gasteiger charge is -2.12. The van der Waals surface area contributed by atoms with Gasteiger partial charge in [-0.25, -0.2) is 17.9 Å². The van der Waals surface area contributed by atoms with E-state index in [4.69, 9.17) is 27.9 Å². The lowest BCUT2D eigenvalue weighted by atomic mass is 10.2. The Morgan fingerprint density at radius 2 is 1.66 bits per heavy atom. The minimum absolute atomic E-state index is 0.196. The third kappa shape index (κ3) is 5.22. The van der Waals surface area contributed by atoms with Crippen LogP contribution in [-0.2, 0) is 28.5 Å². The van der Waals surface area contributed by atoms with Crippen LogP contribution < -0.4 is 15.8 Å². The average Bonchev–Trinajstić information content (AvgIpc) is 3.15. The molecule has 1 N–H and O–H groups in total. The SMILES string of the molecule is Cc1c(NS(=O)(=O)c2cc(C(=O)OCn3nnc4ccccc4c3=O)c(Cl)cc2Cl)c(=O)n(-c2ccccc2)n1C. The van der Waals surface area contributed by atoms with E-state index in [-0.39, 0.29) is 26.7 Å². The van der Waals surface area contributed by atoms with Crippen molar-refractivity contribution < 1.29 is 17.9 Å². The molecule has 5 aromatic rings. The number of nitrogens with one attached hydrogen (secondary N) is 1. The topological polar surface area (TPSA) is 147 Å². The van der Waals surface area contributed by atoms with Crippen molar-refractivity contribution in [2.45, 2.75) is 18.6 Å². The fraction of sp³-hybridized carbons (Fsp3) is 0.115. The van der Waals surface area contributed by atoms with Crippen LogP contribution >= 0.6 is 23.2 Å². The summed E-state index contributed by atoms with van der Waals surface area (Å²) in [7, 11) is -2.89. The standard InChI is InChI=1S/C26H20Cl2N6O6S/c1-15-23(25(36)34(32(15)2)16-8-4-3-5-9-16)30-41(38,39)22-12-18(19(27)13-20(22)28)26(37)40-14-33-24(35)17-10-6-7-11-21(17)29-31-33/h3-13,30H,14H2,1-2H3. The van der Waals surface area contributed by atoms with E-state index >= 15 is 0 Å². The fourth-order valence-electron chi connectivity index (χ4n) is 4.07. The van der Waals surface area contributed by atoms with Gasteiger partial charge in [-0.1, -0.05) is 58.7 Å². The van der Waals surface area contributed by atoms with Gasteiger partial charge in [-0.15, -0.1) is 5.10 Å². The van der Waals surface area contributed by atoms with Gasteiger partial charge < -0.3 is 4.74 Å². The van der Waals surface area contributed by atoms with Crippen LogP contribution in [0.5, 0.6) is 0 Å². The first kappa shape index (κ1) is 28.1. The molecule has 0 aliphatic rings. The third-order valence-electron chi connectivity index (χ3n) is 6.27. The number of benzene rings is 3. The number of aromatic nitrogens is 5. The third-order valence-corrected chi connectivity index (χ3v) is 8.40. The van der Waals surface area contributed by atoms with Gasteiger partial charge in [-0.2, -0.15) is 4.68 Å². The Morgan fingerprint density at radius 3 is 2.39 bits per heavy atom. The molecule has 0 atom stereocenters. The van der Waals surface area contributed by atoms with Gasteiger partial charge in [-0.3, -0.25) is 19.0 Å². The van der Waals surface area contributed by atoms with E-state index in [0.29, 0.717) is 16.9 Å². The molecule has 210 valence electrons. The van der Waals surface area contributed by atoms with Crippen molar-refractivity contribution in [2.24, 2.45) is 7.05 Å². The number of nitrogens with zero attached hydrogens (tertiary/aromatic N) is 5. The number of rotatable bonds is 7. The summed E-state index contributed by atoms with van der Waals surface area (Å²) in [5, 5.41) is 7.43. The minimum atomic E-state index is -4.50. The highest BCUT2D eigenvalue weighted by molar-refractivity contribution is 7.92. The monoisotopic (exact) mass is 614 g/mol. The number of para-hydroxylation sites is 1. The van der Waals surface area contributed by atoms with Crippen molar-refractivity contribution in [2.75, 3.05) is 4.72 Å². The molecule has 2 aromatic heterocycles. The van der Waals surface area contributed by atoms with Crippen LogP contribution in [0.3, 0.4) is 0 Å². The van der Waals surface area contributed by atoms with Gasteiger partial charge in [-0.05, 0) is 43.3 Å². The molecule has 0 spiro atoms. The van der Waals surface area contributed by atoms with E-state index in [9.17, 15) is 22.8 Å². The summed E-state index contributed by atoms with van der Waals surface area (Å²) in [6.07, 6.45) is 0. The Hall–Kier alpha value is -4.46. The molecule has 0 bridgehead atoms. The number of esters is 1. The second-order valence-electron chi connectivity index (χ2n) is 8.78. The largest absolute Gasteiger partial charge is 0.438 e. The van der Waals surface area contributed by atoms with Crippen molar-refractivity contribution in [3.8, 4) is 5.69 Å². The first-order valence-corrected chi connectivity index (χ1v) is 14.1. The number of ether oxygens (including phenoxy) is 1. The number of hydrogen-bond donors (Lipinski definition) is 1. The molecule has 0 aliphatic carbocycles. The molecule has 12 nitrogen and oxygen atoms in total. The van der Waals surface area contributed by atoms with Crippen LogP contribution in [0.4, 0.5) is 5.69 Å². The lowest BCUT2D eigenvalue weighted by Crippen LogP contribution is -2.26. The van der Waals surface area contributed by atoms with E-state index in [0.717, 1.165) is 16.8 Å². The summed E-state index contributed by atoms with van der Waals surface area (Å²) in [4.78, 5) is 38.2. The van der Waals surface area contributed by atoms with Gasteiger partial charge in [0.2, 0.25) is 0 Å². The summed E-state index contributed by atoms with van der Waals surface area (Å²) < 4.78 is 37.9. The number of halogens is 2. The number of fused-ring (bicyclic) bond motifs is 1. The van der Waals surface area contributed by atoms with Crippen LogP contribution in [0.15, 0.2) is 81.2 Å². The van der Waals surface area contributed by atoms with Crippen molar-refractivity contribution in [3.63, 3.8) is 0 Å². The molecule has 0 radical (unpaired) electrons. The summed E-state index contributed by atoms with van der Waals surface area (Å²) in [6.45, 7) is 0.958. The molecule has 15 heteroatoms. The molecule has 0 amide bonds. The Morgan fingerprint density at radius 1 is 0.976 bits per heavy atom. The van der Waals surface area contributed by atoms with Gasteiger partial charge in [0.1, 0.15) is 16.1 Å². The molecule has 41 heavy (non-hydrogen) atoms. The maximum atomic E-state index is 13.4. The highest BCUT2D eigenvalue weighted by Gasteiger charge is 2.27. The van der Waals surface area contributed by atoms with Crippen LogP contribution in [-0.4, -0.2) is 38.7 Å². The number of carbonyl (C=O) groups excluding carboxylic acids is 1. The smallest absolute Gasteiger partial charge is 0.341 e. The minimum Gasteiger partial charge on any atom is -0.438 e. The number of carbonyl (C=O) groups is 1. The second-order valence-corrected chi connectivity index (χ2v) is 11.2. The van der Waals surface area contributed by atoms with Gasteiger partial charge in [0.15, 0.2) is 6.73 Å². The van der Waals surface area contributed by atoms with Crippen molar-refractivity contribution in [1.29, 1.82) is 0 Å². The van der Waals surface area contributed by atoms with Gasteiger partial charge >= 0.3 is 5.97 Å². The van der Waals surface area contributed by atoms with E-state index in [1.54, 1.807) is 68.6 Å². The van der Waals surface area contributed by atoms with Crippen LogP contribution in [0.2, 0.25) is 10.0 Å². The fourth-order valence-corrected chi connectivity index (χ4v) is 6.04. The molecule has 0 fully saturated rings. The zero-order chi connectivity index (χ0) is 29.5. The Kier molecular flexibility index (Phi) is 7.43. The number of sulfonamides is 1. The zero-order valence-corrected chi connectivity index (χ0v) is 23.7. The first-order chi connectivity index (χ1) is 19.5. The summed E-state index contributed by atoms with van der Waals surface area (Å²) in [6, 6.07) is 17.2. The molecule has 0 saturated carbocycles. The van der Waals surface area contributed by atoms with Crippen LogP contribution in [0.1, 0.15) is 16.1 Å². The molecule has 5 rings (SSSR count). The van der Waals surface area contributed by atoms with E-state index in [2.05, 4.69) is 15.0 Å². The maximum absolute atomic E-state index is 13.4. The molecule has 0 saturated heterocycles. The number of hydrogen-bond acceptors (Lipinski definition) is 8. The lowest BCUT2D eigenvalue weighted by molar-refractivity contribution is 0.0336. The number of anilines is 1.